The number of anilines is 1. The van der Waals surface area contributed by atoms with Crippen LogP contribution in [0.5, 0.6) is 0 Å². The average Bonchev–Trinajstić information content (AvgIpc) is 3.04. The van der Waals surface area contributed by atoms with Gasteiger partial charge in [0.2, 0.25) is 0 Å². The number of hydrogen-bond donors (Lipinski definition) is 1. The summed E-state index contributed by atoms with van der Waals surface area (Å²) >= 11 is 0. The molecule has 0 saturated carbocycles. The zero-order valence-corrected chi connectivity index (χ0v) is 12.9. The van der Waals surface area contributed by atoms with Crippen LogP contribution in [0.4, 0.5) is 5.69 Å². The number of hydrogen-bond acceptors (Lipinski definition) is 4. The molecule has 1 N–H and O–H groups in total. The number of rotatable bonds is 5. The zero-order valence-electron chi connectivity index (χ0n) is 12.0. The van der Waals surface area contributed by atoms with E-state index in [1.54, 1.807) is 6.33 Å². The van der Waals surface area contributed by atoms with Gasteiger partial charge in [-0.05, 0) is 18.4 Å². The first-order valence-corrected chi connectivity index (χ1v) is 9.15. The Morgan fingerprint density at radius 2 is 2.24 bits per heavy atom. The van der Waals surface area contributed by atoms with Crippen LogP contribution in [-0.4, -0.2) is 36.5 Å². The van der Waals surface area contributed by atoms with Crippen molar-refractivity contribution in [2.24, 2.45) is 0 Å². The standard InChI is InChI=1S/C15H19N3O2S/c1-21(19,20)9-3-8-18-11-16-10-14(18)13-5-2-4-12-6-7-17-15(12)13/h2,4-5,10-11,17H,3,6-9H2,1H3. The summed E-state index contributed by atoms with van der Waals surface area (Å²) in [6, 6.07) is 6.29. The summed E-state index contributed by atoms with van der Waals surface area (Å²) in [6.45, 7) is 1.63. The van der Waals surface area contributed by atoms with Gasteiger partial charge in [-0.3, -0.25) is 0 Å². The third-order valence-electron chi connectivity index (χ3n) is 3.75. The van der Waals surface area contributed by atoms with Crippen LogP contribution in [0.1, 0.15) is 12.0 Å². The number of fused-ring (bicyclic) bond motifs is 1. The molecule has 0 unspecified atom stereocenters. The highest BCUT2D eigenvalue weighted by Crippen LogP contribution is 2.34. The second-order valence-corrected chi connectivity index (χ2v) is 7.73. The summed E-state index contributed by atoms with van der Waals surface area (Å²) in [5, 5.41) is 3.43. The van der Waals surface area contributed by atoms with Crippen molar-refractivity contribution in [3.05, 3.63) is 36.3 Å². The Bertz CT molecular complexity index is 750. The number of nitrogens with zero attached hydrogens (tertiary/aromatic N) is 2. The zero-order chi connectivity index (χ0) is 14.9. The normalized spacial score (nSPS) is 14.0. The van der Waals surface area contributed by atoms with Gasteiger partial charge in [0.1, 0.15) is 9.84 Å². The Labute approximate surface area is 124 Å². The molecular formula is C15H19N3O2S. The molecule has 0 atom stereocenters. The molecule has 1 aromatic carbocycles. The predicted molar refractivity (Wildman–Crippen MR) is 84.2 cm³/mol. The molecule has 2 aromatic rings. The molecule has 5 nitrogen and oxygen atoms in total. The highest BCUT2D eigenvalue weighted by molar-refractivity contribution is 7.90. The van der Waals surface area contributed by atoms with E-state index in [-0.39, 0.29) is 5.75 Å². The van der Waals surface area contributed by atoms with Crippen LogP contribution >= 0.6 is 0 Å². The van der Waals surface area contributed by atoms with Gasteiger partial charge in [0.25, 0.3) is 0 Å². The van der Waals surface area contributed by atoms with E-state index in [2.05, 4.69) is 28.5 Å². The van der Waals surface area contributed by atoms with Crippen LogP contribution in [0, 0.1) is 0 Å². The largest absolute Gasteiger partial charge is 0.384 e. The second kappa shape index (κ2) is 5.52. The summed E-state index contributed by atoms with van der Waals surface area (Å²) in [7, 11) is -2.91. The van der Waals surface area contributed by atoms with Crippen molar-refractivity contribution in [3.8, 4) is 11.3 Å². The van der Waals surface area contributed by atoms with Crippen molar-refractivity contribution in [1.29, 1.82) is 0 Å². The van der Waals surface area contributed by atoms with Gasteiger partial charge >= 0.3 is 0 Å². The molecule has 0 radical (unpaired) electrons. The van der Waals surface area contributed by atoms with E-state index in [9.17, 15) is 8.42 Å². The van der Waals surface area contributed by atoms with Gasteiger partial charge < -0.3 is 9.88 Å². The third-order valence-corrected chi connectivity index (χ3v) is 4.78. The first-order chi connectivity index (χ1) is 10.0. The van der Waals surface area contributed by atoms with E-state index >= 15 is 0 Å². The van der Waals surface area contributed by atoms with E-state index in [0.717, 1.165) is 24.2 Å². The lowest BCUT2D eigenvalue weighted by Crippen LogP contribution is -2.08. The Morgan fingerprint density at radius 1 is 1.38 bits per heavy atom. The Balaban J connectivity index is 1.85. The topological polar surface area (TPSA) is 64.0 Å². The molecule has 0 aliphatic carbocycles. The summed E-state index contributed by atoms with van der Waals surface area (Å²) < 4.78 is 24.5. The number of para-hydroxylation sites is 1. The van der Waals surface area contributed by atoms with Gasteiger partial charge in [-0.25, -0.2) is 13.4 Å². The molecule has 1 aromatic heterocycles. The maximum Gasteiger partial charge on any atom is 0.147 e. The lowest BCUT2D eigenvalue weighted by molar-refractivity contribution is 0.592. The summed E-state index contributed by atoms with van der Waals surface area (Å²) in [6.07, 6.45) is 6.54. The van der Waals surface area contributed by atoms with Crippen molar-refractivity contribution in [2.45, 2.75) is 19.4 Å². The SMILES string of the molecule is CS(=O)(=O)CCCn1cncc1-c1cccc2c1NCC2. The fraction of sp³-hybridized carbons (Fsp3) is 0.400. The molecule has 0 saturated heterocycles. The van der Waals surface area contributed by atoms with E-state index in [1.165, 1.54) is 17.5 Å². The molecule has 1 aliphatic rings. The molecule has 2 heterocycles. The van der Waals surface area contributed by atoms with Crippen LogP contribution in [0.15, 0.2) is 30.7 Å². The minimum atomic E-state index is -2.91. The Hall–Kier alpha value is -1.82. The fourth-order valence-electron chi connectivity index (χ4n) is 2.77. The summed E-state index contributed by atoms with van der Waals surface area (Å²) in [5.41, 5.74) is 4.69. The quantitative estimate of drug-likeness (QED) is 0.917. The first kappa shape index (κ1) is 14.1. The molecule has 112 valence electrons. The molecule has 21 heavy (non-hydrogen) atoms. The van der Waals surface area contributed by atoms with Crippen molar-refractivity contribution in [1.82, 2.24) is 9.55 Å². The molecule has 0 fully saturated rings. The van der Waals surface area contributed by atoms with Crippen LogP contribution in [0.3, 0.4) is 0 Å². The average molecular weight is 305 g/mol. The minimum absolute atomic E-state index is 0.204. The van der Waals surface area contributed by atoms with Gasteiger partial charge in [-0.1, -0.05) is 18.2 Å². The van der Waals surface area contributed by atoms with Gasteiger partial charge in [0.05, 0.1) is 24.0 Å². The van der Waals surface area contributed by atoms with Gasteiger partial charge in [-0.2, -0.15) is 0 Å². The number of aromatic nitrogens is 2. The summed E-state index contributed by atoms with van der Waals surface area (Å²) in [4.78, 5) is 4.22. The van der Waals surface area contributed by atoms with Gasteiger partial charge in [0, 0.05) is 30.6 Å². The minimum Gasteiger partial charge on any atom is -0.384 e. The van der Waals surface area contributed by atoms with Crippen molar-refractivity contribution >= 4 is 15.5 Å². The van der Waals surface area contributed by atoms with Gasteiger partial charge in [0.15, 0.2) is 0 Å². The van der Waals surface area contributed by atoms with E-state index < -0.39 is 9.84 Å². The molecule has 6 heteroatoms. The molecule has 0 spiro atoms. The van der Waals surface area contributed by atoms with Gasteiger partial charge in [-0.15, -0.1) is 0 Å². The second-order valence-electron chi connectivity index (χ2n) is 5.47. The number of imidazole rings is 1. The molecule has 3 rings (SSSR count). The van der Waals surface area contributed by atoms with E-state index in [1.807, 2.05) is 10.8 Å². The van der Waals surface area contributed by atoms with Crippen molar-refractivity contribution < 1.29 is 8.42 Å². The van der Waals surface area contributed by atoms with Crippen LogP contribution < -0.4 is 5.32 Å². The predicted octanol–water partition coefficient (Wildman–Crippen LogP) is 1.95. The monoisotopic (exact) mass is 305 g/mol. The number of benzene rings is 1. The Kier molecular flexibility index (Phi) is 3.71. The first-order valence-electron chi connectivity index (χ1n) is 7.08. The molecular weight excluding hydrogens is 286 g/mol. The van der Waals surface area contributed by atoms with Crippen LogP contribution in [0.25, 0.3) is 11.3 Å². The lowest BCUT2D eigenvalue weighted by atomic mass is 10.1. The number of aryl methyl sites for hydroxylation is 1. The third kappa shape index (κ3) is 3.10. The highest BCUT2D eigenvalue weighted by atomic mass is 32.2. The fourth-order valence-corrected chi connectivity index (χ4v) is 3.43. The smallest absolute Gasteiger partial charge is 0.147 e. The molecule has 1 aliphatic heterocycles. The Morgan fingerprint density at radius 3 is 3.05 bits per heavy atom. The van der Waals surface area contributed by atoms with Crippen LogP contribution in [0.2, 0.25) is 0 Å². The lowest BCUT2D eigenvalue weighted by Gasteiger charge is -2.12. The summed E-state index contributed by atoms with van der Waals surface area (Å²) in [5.74, 6) is 0.204. The maximum absolute atomic E-state index is 11.2. The van der Waals surface area contributed by atoms with E-state index in [4.69, 9.17) is 0 Å². The molecule has 0 amide bonds. The van der Waals surface area contributed by atoms with E-state index in [0.29, 0.717) is 13.0 Å². The number of nitrogens with one attached hydrogen (secondary N) is 1. The van der Waals surface area contributed by atoms with Crippen LogP contribution in [-0.2, 0) is 22.8 Å². The maximum atomic E-state index is 11.2. The number of sulfone groups is 1. The highest BCUT2D eigenvalue weighted by Gasteiger charge is 2.17. The van der Waals surface area contributed by atoms with Crippen molar-refractivity contribution in [2.75, 3.05) is 23.9 Å². The molecule has 0 bridgehead atoms. The van der Waals surface area contributed by atoms with Crippen molar-refractivity contribution in [3.63, 3.8) is 0 Å².